The van der Waals surface area contributed by atoms with Gasteiger partial charge < -0.3 is 24.8 Å². The van der Waals surface area contributed by atoms with E-state index in [0.29, 0.717) is 6.54 Å². The van der Waals surface area contributed by atoms with Crippen LogP contribution in [0.25, 0.3) is 0 Å². The lowest BCUT2D eigenvalue weighted by molar-refractivity contribution is -0.197. The smallest absolute Gasteiger partial charge is 0.340 e. The van der Waals surface area contributed by atoms with Crippen LogP contribution in [-0.2, 0) is 19.1 Å². The highest BCUT2D eigenvalue weighted by Gasteiger charge is 2.58. The van der Waals surface area contributed by atoms with Crippen molar-refractivity contribution in [1.29, 1.82) is 0 Å². The number of ketones is 1. The molecule has 2 saturated carbocycles. The van der Waals surface area contributed by atoms with Crippen LogP contribution >= 0.6 is 0 Å². The number of morpholine rings is 2. The van der Waals surface area contributed by atoms with E-state index >= 15 is 4.39 Å². The van der Waals surface area contributed by atoms with Gasteiger partial charge >= 0.3 is 5.97 Å². The summed E-state index contributed by atoms with van der Waals surface area (Å²) in [6.45, 7) is 4.66. The molecule has 5 rings (SSSR count). The lowest BCUT2D eigenvalue weighted by Crippen LogP contribution is -2.72. The van der Waals surface area contributed by atoms with Gasteiger partial charge in [0, 0.05) is 38.3 Å². The minimum absolute atomic E-state index is 0.0388. The van der Waals surface area contributed by atoms with Crippen LogP contribution in [0.3, 0.4) is 0 Å². The first-order chi connectivity index (χ1) is 15.0. The van der Waals surface area contributed by atoms with Gasteiger partial charge in [0.25, 0.3) is 0 Å². The number of nitrogens with zero attached hydrogens (tertiary/aromatic N) is 2. The average Bonchev–Trinajstić information content (AvgIpc) is 2.77. The molecule has 0 bridgehead atoms. The van der Waals surface area contributed by atoms with Crippen molar-refractivity contribution in [1.82, 2.24) is 15.1 Å². The summed E-state index contributed by atoms with van der Waals surface area (Å²) in [7, 11) is 0. The molecule has 2 saturated heterocycles. The van der Waals surface area contributed by atoms with Crippen molar-refractivity contribution in [3.8, 4) is 0 Å². The van der Waals surface area contributed by atoms with Gasteiger partial charge in [-0.2, -0.15) is 0 Å². The Labute approximate surface area is 181 Å². The van der Waals surface area contributed by atoms with Gasteiger partial charge in [0.1, 0.15) is 11.7 Å². The molecule has 172 valence electrons. The summed E-state index contributed by atoms with van der Waals surface area (Å²) >= 11 is 0. The maximum absolute atomic E-state index is 15.4. The number of carboxylic acid groups (broad SMARTS) is 1. The summed E-state index contributed by atoms with van der Waals surface area (Å²) in [4.78, 5) is 29.0. The molecule has 3 aliphatic heterocycles. The van der Waals surface area contributed by atoms with E-state index in [1.165, 1.54) is 6.20 Å². The summed E-state index contributed by atoms with van der Waals surface area (Å²) in [5.41, 5.74) is -0.211. The van der Waals surface area contributed by atoms with Gasteiger partial charge in [-0.25, -0.2) is 9.18 Å². The average molecular weight is 438 g/mol. The van der Waals surface area contributed by atoms with Gasteiger partial charge in [-0.05, 0) is 19.3 Å². The fourth-order valence-corrected chi connectivity index (χ4v) is 6.19. The third-order valence-electron chi connectivity index (χ3n) is 7.72. The highest BCUT2D eigenvalue weighted by molar-refractivity contribution is 6.18. The van der Waals surface area contributed by atoms with Crippen molar-refractivity contribution < 1.29 is 28.6 Å². The lowest BCUT2D eigenvalue weighted by atomic mass is 9.70. The number of carbonyl (C=O) groups is 2. The molecular formula is C22H32FN3O5. The first-order valence-corrected chi connectivity index (χ1v) is 11.6. The number of rotatable bonds is 5. The number of hydrogen-bond acceptors (Lipinski definition) is 7. The zero-order chi connectivity index (χ0) is 21.5. The van der Waals surface area contributed by atoms with E-state index in [1.807, 2.05) is 0 Å². The summed E-state index contributed by atoms with van der Waals surface area (Å²) in [6.07, 6.45) is 3.71. The van der Waals surface area contributed by atoms with Crippen LogP contribution in [0.5, 0.6) is 0 Å². The largest absolute Gasteiger partial charge is 0.478 e. The van der Waals surface area contributed by atoms with E-state index in [9.17, 15) is 14.7 Å². The predicted molar refractivity (Wildman–Crippen MR) is 109 cm³/mol. The summed E-state index contributed by atoms with van der Waals surface area (Å²) in [5.74, 6) is -2.35. The van der Waals surface area contributed by atoms with Crippen molar-refractivity contribution in [2.75, 3.05) is 39.4 Å². The molecule has 31 heavy (non-hydrogen) atoms. The number of carboxylic acids is 1. The van der Waals surface area contributed by atoms with Crippen LogP contribution < -0.4 is 5.32 Å². The summed E-state index contributed by atoms with van der Waals surface area (Å²) in [6, 6.07) is -0.742. The van der Waals surface area contributed by atoms with E-state index in [2.05, 4.69) is 15.1 Å². The molecule has 2 aliphatic carbocycles. The molecule has 0 aromatic rings. The Morgan fingerprint density at radius 3 is 2.81 bits per heavy atom. The number of Topliss-reactive ketones (excluding diaryl/α,β-unsaturated/α-hetero) is 1. The molecule has 5 aliphatic rings. The SMILES string of the molecule is O=C(O)C1=CN2C3CCCCC3OC3C(NCCN4CCOCC4)C(F)CC(C1=O)C32. The van der Waals surface area contributed by atoms with Crippen LogP contribution in [0.15, 0.2) is 11.8 Å². The molecule has 0 aromatic heterocycles. The van der Waals surface area contributed by atoms with Crippen molar-refractivity contribution in [3.63, 3.8) is 0 Å². The highest BCUT2D eigenvalue weighted by atomic mass is 19.1. The lowest BCUT2D eigenvalue weighted by Gasteiger charge is -2.59. The number of halogens is 1. The third-order valence-corrected chi connectivity index (χ3v) is 7.72. The van der Waals surface area contributed by atoms with Gasteiger partial charge in [-0.1, -0.05) is 12.8 Å². The first kappa shape index (κ1) is 21.3. The molecular weight excluding hydrogens is 405 g/mol. The normalized spacial score (nSPS) is 40.7. The van der Waals surface area contributed by atoms with E-state index in [0.717, 1.165) is 58.5 Å². The minimum atomic E-state index is -1.25. The van der Waals surface area contributed by atoms with Crippen LogP contribution in [0.4, 0.5) is 4.39 Å². The highest BCUT2D eigenvalue weighted by Crippen LogP contribution is 2.45. The molecule has 7 unspecified atom stereocenters. The van der Waals surface area contributed by atoms with Crippen LogP contribution in [0.2, 0.25) is 0 Å². The van der Waals surface area contributed by atoms with Crippen LogP contribution in [0.1, 0.15) is 32.1 Å². The molecule has 8 nitrogen and oxygen atoms in total. The number of fused-ring (bicyclic) bond motifs is 2. The quantitative estimate of drug-likeness (QED) is 0.604. The molecule has 0 spiro atoms. The van der Waals surface area contributed by atoms with Gasteiger partial charge in [-0.15, -0.1) is 0 Å². The summed E-state index contributed by atoms with van der Waals surface area (Å²) in [5, 5.41) is 13.0. The molecule has 7 atom stereocenters. The van der Waals surface area contributed by atoms with Crippen LogP contribution in [0, 0.1) is 5.92 Å². The molecule has 0 aromatic carbocycles. The molecule has 2 N–H and O–H groups in total. The number of alkyl halides is 1. The van der Waals surface area contributed by atoms with Crippen molar-refractivity contribution in [2.24, 2.45) is 5.92 Å². The minimum Gasteiger partial charge on any atom is -0.478 e. The third kappa shape index (κ3) is 3.90. The second-order valence-corrected chi connectivity index (χ2v) is 9.43. The summed E-state index contributed by atoms with van der Waals surface area (Å²) < 4.78 is 27.3. The fraction of sp³-hybridized carbons (Fsp3) is 0.818. The Hall–Kier alpha value is -1.55. The standard InChI is InChI=1S/C22H32FN3O5/c23-15-11-13-19-21(18(15)24-5-6-25-7-9-30-10-8-25)31-17-4-2-1-3-16(17)26(19)12-14(20(13)27)22(28)29/h12-13,15-19,21,24H,1-11H2,(H,28,29). The molecule has 4 fully saturated rings. The molecule has 0 amide bonds. The van der Waals surface area contributed by atoms with Crippen molar-refractivity contribution in [2.45, 2.75) is 68.6 Å². The number of nitrogens with one attached hydrogen (secondary N) is 1. The maximum Gasteiger partial charge on any atom is 0.340 e. The zero-order valence-corrected chi connectivity index (χ0v) is 17.7. The molecule has 3 heterocycles. The second-order valence-electron chi connectivity index (χ2n) is 9.43. The predicted octanol–water partition coefficient (Wildman–Crippen LogP) is 0.567. The van der Waals surface area contributed by atoms with Crippen molar-refractivity contribution in [3.05, 3.63) is 11.8 Å². The first-order valence-electron chi connectivity index (χ1n) is 11.6. The van der Waals surface area contributed by atoms with E-state index < -0.39 is 36.0 Å². The number of carbonyl (C=O) groups excluding carboxylic acids is 1. The Balaban J connectivity index is 1.37. The van der Waals surface area contributed by atoms with Gasteiger partial charge in [0.15, 0.2) is 5.78 Å². The number of ether oxygens (including phenoxy) is 2. The Morgan fingerprint density at radius 1 is 1.26 bits per heavy atom. The monoisotopic (exact) mass is 437 g/mol. The van der Waals surface area contributed by atoms with Gasteiger partial charge in [0.05, 0.1) is 43.5 Å². The van der Waals surface area contributed by atoms with E-state index in [4.69, 9.17) is 9.47 Å². The maximum atomic E-state index is 15.4. The van der Waals surface area contributed by atoms with E-state index in [1.54, 1.807) is 0 Å². The second kappa shape index (κ2) is 8.77. The number of hydrogen-bond donors (Lipinski definition) is 2. The topological polar surface area (TPSA) is 91.3 Å². The number of aliphatic carboxylic acids is 1. The van der Waals surface area contributed by atoms with E-state index in [-0.39, 0.29) is 30.2 Å². The fourth-order valence-electron chi connectivity index (χ4n) is 6.19. The van der Waals surface area contributed by atoms with Gasteiger partial charge in [-0.3, -0.25) is 9.69 Å². The van der Waals surface area contributed by atoms with Crippen LogP contribution in [-0.4, -0.2) is 103 Å². The van der Waals surface area contributed by atoms with Gasteiger partial charge in [0.2, 0.25) is 0 Å². The molecule has 9 heteroatoms. The Bertz CT molecular complexity index is 743. The Kier molecular flexibility index (Phi) is 6.02. The van der Waals surface area contributed by atoms with Crippen molar-refractivity contribution >= 4 is 11.8 Å². The molecule has 0 radical (unpaired) electrons. The Morgan fingerprint density at radius 2 is 2.03 bits per heavy atom. The zero-order valence-electron chi connectivity index (χ0n) is 17.7.